The molecule has 3 amide bonds. The van der Waals surface area contributed by atoms with Crippen LogP contribution in [0, 0.1) is 11.8 Å². The van der Waals surface area contributed by atoms with Crippen molar-refractivity contribution in [1.82, 2.24) is 14.8 Å². The molecule has 3 atom stereocenters. The lowest BCUT2D eigenvalue weighted by Gasteiger charge is -2.43. The fraction of sp³-hybridized carbons (Fsp3) is 0.519. The Hall–Kier alpha value is -3.09. The van der Waals surface area contributed by atoms with Crippen molar-refractivity contribution in [3.8, 4) is 0 Å². The van der Waals surface area contributed by atoms with Crippen LogP contribution in [0.5, 0.6) is 0 Å². The van der Waals surface area contributed by atoms with Gasteiger partial charge in [-0.25, -0.2) is 4.79 Å². The summed E-state index contributed by atoms with van der Waals surface area (Å²) in [4.78, 5) is 40.4. The van der Waals surface area contributed by atoms with E-state index in [0.717, 1.165) is 17.8 Å². The van der Waals surface area contributed by atoms with Gasteiger partial charge in [-0.3, -0.25) is 9.59 Å². The quantitative estimate of drug-likeness (QED) is 0.674. The van der Waals surface area contributed by atoms with Gasteiger partial charge in [0.25, 0.3) is 5.56 Å². The second-order valence-corrected chi connectivity index (χ2v) is 10.5. The van der Waals surface area contributed by atoms with Crippen LogP contribution < -0.4 is 16.2 Å². The third-order valence-electron chi connectivity index (χ3n) is 6.93. The van der Waals surface area contributed by atoms with Crippen molar-refractivity contribution in [2.24, 2.45) is 11.8 Å². The van der Waals surface area contributed by atoms with Crippen LogP contribution in [-0.4, -0.2) is 40.5 Å². The van der Waals surface area contributed by atoms with Crippen molar-refractivity contribution in [3.05, 3.63) is 64.1 Å². The molecule has 0 radical (unpaired) electrons. The Labute approximate surface area is 201 Å². The number of anilines is 1. The standard InChI is InChI=1S/C27H36N4O3/c1-17(2)12-23(26(33)28-22-10-8-20(9-11-22)18(3)4)29-27(34)30-14-19-13-21(16-30)24-6-5-7-25(32)31(24)15-19/h5-11,17-19,21,23H,12-16H2,1-4H3,(H,28,33)(H,29,34)/t19-,21+,23+/m1/s1. The number of piperidine rings is 1. The molecule has 182 valence electrons. The van der Waals surface area contributed by atoms with Gasteiger partial charge < -0.3 is 20.1 Å². The number of urea groups is 1. The zero-order valence-corrected chi connectivity index (χ0v) is 20.6. The summed E-state index contributed by atoms with van der Waals surface area (Å²) in [5.74, 6) is 0.859. The topological polar surface area (TPSA) is 83.4 Å². The Morgan fingerprint density at radius 3 is 2.41 bits per heavy atom. The first-order valence-corrected chi connectivity index (χ1v) is 12.4. The maximum atomic E-state index is 13.2. The zero-order valence-electron chi connectivity index (χ0n) is 20.6. The molecule has 0 unspecified atom stereocenters. The molecule has 2 aromatic rings. The van der Waals surface area contributed by atoms with Gasteiger partial charge in [-0.1, -0.05) is 45.9 Å². The van der Waals surface area contributed by atoms with E-state index < -0.39 is 6.04 Å². The smallest absolute Gasteiger partial charge is 0.318 e. The van der Waals surface area contributed by atoms with Crippen LogP contribution in [0.15, 0.2) is 47.3 Å². The van der Waals surface area contributed by atoms with Gasteiger partial charge in [-0.15, -0.1) is 0 Å². The molecule has 4 rings (SSSR count). The SMILES string of the molecule is CC(C)C[C@H](NC(=O)N1C[C@H]2C[C@@H](C1)c1cccc(=O)n1C2)C(=O)Nc1ccc(C(C)C)cc1. The molecule has 0 aliphatic carbocycles. The van der Waals surface area contributed by atoms with Crippen LogP contribution in [0.25, 0.3) is 0 Å². The van der Waals surface area contributed by atoms with Crippen LogP contribution in [-0.2, 0) is 11.3 Å². The summed E-state index contributed by atoms with van der Waals surface area (Å²) >= 11 is 0. The first-order valence-electron chi connectivity index (χ1n) is 12.4. The lowest BCUT2D eigenvalue weighted by atomic mass is 9.83. The highest BCUT2D eigenvalue weighted by Gasteiger charge is 2.37. The molecule has 2 aliphatic heterocycles. The summed E-state index contributed by atoms with van der Waals surface area (Å²) in [5, 5.41) is 5.97. The van der Waals surface area contributed by atoms with Gasteiger partial charge in [0.1, 0.15) is 6.04 Å². The van der Waals surface area contributed by atoms with Gasteiger partial charge in [0.05, 0.1) is 0 Å². The Bertz CT molecular complexity index is 1090. The van der Waals surface area contributed by atoms with Crippen LogP contribution in [0.2, 0.25) is 0 Å². The molecule has 34 heavy (non-hydrogen) atoms. The maximum absolute atomic E-state index is 13.2. The maximum Gasteiger partial charge on any atom is 0.318 e. The highest BCUT2D eigenvalue weighted by Crippen LogP contribution is 2.35. The molecule has 7 nitrogen and oxygen atoms in total. The molecular formula is C27H36N4O3. The van der Waals surface area contributed by atoms with Gasteiger partial charge in [-0.2, -0.15) is 0 Å². The Balaban J connectivity index is 1.43. The van der Waals surface area contributed by atoms with Crippen molar-refractivity contribution in [1.29, 1.82) is 0 Å². The van der Waals surface area contributed by atoms with E-state index in [0.29, 0.717) is 32.0 Å². The van der Waals surface area contributed by atoms with E-state index in [2.05, 4.69) is 24.5 Å². The minimum absolute atomic E-state index is 0.0280. The van der Waals surface area contributed by atoms with Crippen LogP contribution in [0.1, 0.15) is 63.6 Å². The number of hydrogen-bond acceptors (Lipinski definition) is 3. The summed E-state index contributed by atoms with van der Waals surface area (Å²) in [6.45, 7) is 10.1. The predicted molar refractivity (Wildman–Crippen MR) is 134 cm³/mol. The summed E-state index contributed by atoms with van der Waals surface area (Å²) in [5.41, 5.74) is 2.97. The van der Waals surface area contributed by atoms with Gasteiger partial charge in [-0.05, 0) is 54.4 Å². The molecule has 3 heterocycles. The minimum atomic E-state index is -0.617. The molecule has 2 N–H and O–H groups in total. The number of pyridine rings is 1. The Morgan fingerprint density at radius 2 is 1.74 bits per heavy atom. The number of aromatic nitrogens is 1. The Morgan fingerprint density at radius 1 is 1.00 bits per heavy atom. The third kappa shape index (κ3) is 5.34. The number of carbonyl (C=O) groups excluding carboxylic acids is 2. The van der Waals surface area contributed by atoms with E-state index in [4.69, 9.17) is 0 Å². The molecule has 1 aromatic heterocycles. The van der Waals surface area contributed by atoms with Crippen molar-refractivity contribution in [2.75, 3.05) is 18.4 Å². The summed E-state index contributed by atoms with van der Waals surface area (Å²) in [6, 6.07) is 12.4. The molecule has 0 saturated carbocycles. The largest absolute Gasteiger partial charge is 0.326 e. The first kappa shape index (κ1) is 24.0. The minimum Gasteiger partial charge on any atom is -0.326 e. The zero-order chi connectivity index (χ0) is 24.4. The van der Waals surface area contributed by atoms with Gasteiger partial charge >= 0.3 is 6.03 Å². The van der Waals surface area contributed by atoms with Crippen molar-refractivity contribution in [3.63, 3.8) is 0 Å². The second kappa shape index (κ2) is 10.0. The van der Waals surface area contributed by atoms with E-state index in [1.165, 1.54) is 5.56 Å². The summed E-state index contributed by atoms with van der Waals surface area (Å²) < 4.78 is 1.85. The number of rotatable bonds is 6. The van der Waals surface area contributed by atoms with Crippen molar-refractivity contribution in [2.45, 2.75) is 65.0 Å². The number of carbonyl (C=O) groups is 2. The number of nitrogens with one attached hydrogen (secondary N) is 2. The lowest BCUT2D eigenvalue weighted by Crippen LogP contribution is -2.55. The molecule has 0 spiro atoms. The fourth-order valence-electron chi connectivity index (χ4n) is 5.19. The second-order valence-electron chi connectivity index (χ2n) is 10.5. The highest BCUT2D eigenvalue weighted by molar-refractivity contribution is 5.97. The summed E-state index contributed by atoms with van der Waals surface area (Å²) in [7, 11) is 0. The van der Waals surface area contributed by atoms with Crippen molar-refractivity contribution >= 4 is 17.6 Å². The monoisotopic (exact) mass is 464 g/mol. The average Bonchev–Trinajstić information content (AvgIpc) is 2.79. The summed E-state index contributed by atoms with van der Waals surface area (Å²) in [6.07, 6.45) is 1.54. The lowest BCUT2D eigenvalue weighted by molar-refractivity contribution is -0.118. The van der Waals surface area contributed by atoms with E-state index in [-0.39, 0.29) is 35.3 Å². The third-order valence-corrected chi connectivity index (χ3v) is 6.93. The molecule has 2 bridgehead atoms. The van der Waals surface area contributed by atoms with E-state index in [1.807, 2.05) is 53.6 Å². The number of nitrogens with zero attached hydrogens (tertiary/aromatic N) is 2. The average molecular weight is 465 g/mol. The van der Waals surface area contributed by atoms with Crippen LogP contribution in [0.3, 0.4) is 0 Å². The fourth-order valence-corrected chi connectivity index (χ4v) is 5.19. The number of amides is 3. The van der Waals surface area contributed by atoms with E-state index >= 15 is 0 Å². The molecular weight excluding hydrogens is 428 g/mol. The van der Waals surface area contributed by atoms with Gasteiger partial charge in [0.2, 0.25) is 5.91 Å². The predicted octanol–water partition coefficient (Wildman–Crippen LogP) is 4.15. The number of benzene rings is 1. The molecule has 1 aromatic carbocycles. The highest BCUT2D eigenvalue weighted by atomic mass is 16.2. The van der Waals surface area contributed by atoms with E-state index in [1.54, 1.807) is 12.1 Å². The van der Waals surface area contributed by atoms with E-state index in [9.17, 15) is 14.4 Å². The van der Waals surface area contributed by atoms with Crippen molar-refractivity contribution < 1.29 is 9.59 Å². The molecule has 1 fully saturated rings. The van der Waals surface area contributed by atoms with Gasteiger partial charge in [0, 0.05) is 43.0 Å². The number of likely N-dealkylation sites (tertiary alicyclic amines) is 1. The number of fused-ring (bicyclic) bond motifs is 4. The Kier molecular flexibility index (Phi) is 7.10. The first-order chi connectivity index (χ1) is 16.2. The van der Waals surface area contributed by atoms with Crippen LogP contribution >= 0.6 is 0 Å². The normalized spacial score (nSPS) is 20.1. The van der Waals surface area contributed by atoms with Crippen LogP contribution in [0.4, 0.5) is 10.5 Å². The van der Waals surface area contributed by atoms with Gasteiger partial charge in [0.15, 0.2) is 0 Å². The molecule has 1 saturated heterocycles. The molecule has 7 heteroatoms. The molecule has 2 aliphatic rings. The number of hydrogen-bond donors (Lipinski definition) is 2.